The molecule has 1 amide bonds. The first-order chi connectivity index (χ1) is 11.2. The summed E-state index contributed by atoms with van der Waals surface area (Å²) >= 11 is 1.48. The van der Waals surface area contributed by atoms with E-state index in [2.05, 4.69) is 22.8 Å². The molecule has 0 bridgehead atoms. The fraction of sp³-hybridized carbons (Fsp3) is 0.176. The highest BCUT2D eigenvalue weighted by atomic mass is 32.1. The number of carbonyl (C=O) groups is 1. The van der Waals surface area contributed by atoms with Gasteiger partial charge in [-0.1, -0.05) is 42.5 Å². The zero-order valence-electron chi connectivity index (χ0n) is 12.7. The molecule has 0 unspecified atom stereocenters. The number of nitrogens with zero attached hydrogens (tertiary/aromatic N) is 1. The summed E-state index contributed by atoms with van der Waals surface area (Å²) in [5, 5.41) is 0.645. The van der Waals surface area contributed by atoms with E-state index in [1.54, 1.807) is 0 Å². The minimum atomic E-state index is -0.260. The van der Waals surface area contributed by atoms with Gasteiger partial charge in [0.1, 0.15) is 5.75 Å². The average Bonchev–Trinajstić information content (AvgIpc) is 3.01. The lowest BCUT2D eigenvalue weighted by Gasteiger charge is -2.08. The summed E-state index contributed by atoms with van der Waals surface area (Å²) < 4.78 is 6.51. The SMILES string of the molecule is CCc1ccc(OCC(=O)NNc2nc3ccccc3s2)cc1. The standard InChI is InChI=1S/C17H17N3O2S/c1-2-12-7-9-13(10-8-12)22-11-16(21)19-20-17-18-14-5-3-4-6-15(14)23-17/h3-10H,2,11H2,1H3,(H,18,20)(H,19,21). The van der Waals surface area contributed by atoms with Gasteiger partial charge in [0.2, 0.25) is 5.13 Å². The van der Waals surface area contributed by atoms with Crippen LogP contribution in [0.1, 0.15) is 12.5 Å². The zero-order valence-corrected chi connectivity index (χ0v) is 13.5. The van der Waals surface area contributed by atoms with Crippen LogP contribution in [0.4, 0.5) is 5.13 Å². The summed E-state index contributed by atoms with van der Waals surface area (Å²) in [6.45, 7) is 2.04. The van der Waals surface area contributed by atoms with Gasteiger partial charge >= 0.3 is 0 Å². The maximum Gasteiger partial charge on any atom is 0.276 e. The van der Waals surface area contributed by atoms with Gasteiger partial charge in [0.05, 0.1) is 10.2 Å². The number of hydrazine groups is 1. The molecule has 0 aliphatic heterocycles. The molecule has 0 atom stereocenters. The third-order valence-electron chi connectivity index (χ3n) is 3.30. The quantitative estimate of drug-likeness (QED) is 0.681. The molecular weight excluding hydrogens is 310 g/mol. The average molecular weight is 327 g/mol. The van der Waals surface area contributed by atoms with Crippen molar-refractivity contribution >= 4 is 32.6 Å². The number of carbonyl (C=O) groups excluding carboxylic acids is 1. The molecule has 2 N–H and O–H groups in total. The van der Waals surface area contributed by atoms with Crippen molar-refractivity contribution in [2.45, 2.75) is 13.3 Å². The first-order valence-corrected chi connectivity index (χ1v) is 8.18. The van der Waals surface area contributed by atoms with Gasteiger partial charge in [-0.25, -0.2) is 4.98 Å². The van der Waals surface area contributed by atoms with E-state index in [-0.39, 0.29) is 12.5 Å². The number of thiazole rings is 1. The summed E-state index contributed by atoms with van der Waals surface area (Å²) in [4.78, 5) is 16.2. The van der Waals surface area contributed by atoms with Crippen LogP contribution in [0, 0.1) is 0 Å². The van der Waals surface area contributed by atoms with E-state index in [4.69, 9.17) is 4.74 Å². The molecule has 0 radical (unpaired) electrons. The third kappa shape index (κ3) is 3.98. The maximum absolute atomic E-state index is 11.8. The van der Waals surface area contributed by atoms with Crippen LogP contribution in [0.3, 0.4) is 0 Å². The molecule has 2 aromatic carbocycles. The maximum atomic E-state index is 11.8. The highest BCUT2D eigenvalue weighted by molar-refractivity contribution is 7.22. The third-order valence-corrected chi connectivity index (χ3v) is 4.26. The lowest BCUT2D eigenvalue weighted by atomic mass is 10.2. The van der Waals surface area contributed by atoms with E-state index >= 15 is 0 Å². The number of rotatable bonds is 6. The smallest absolute Gasteiger partial charge is 0.276 e. The van der Waals surface area contributed by atoms with Crippen LogP contribution in [-0.4, -0.2) is 17.5 Å². The molecule has 0 spiro atoms. The number of benzene rings is 2. The minimum Gasteiger partial charge on any atom is -0.484 e. The second kappa shape index (κ2) is 7.11. The number of para-hydroxylation sites is 1. The Morgan fingerprint density at radius 1 is 1.17 bits per heavy atom. The van der Waals surface area contributed by atoms with Crippen molar-refractivity contribution in [2.24, 2.45) is 0 Å². The number of amides is 1. The molecule has 118 valence electrons. The van der Waals surface area contributed by atoms with Crippen LogP contribution in [0.2, 0.25) is 0 Å². The monoisotopic (exact) mass is 327 g/mol. The number of anilines is 1. The van der Waals surface area contributed by atoms with Crippen LogP contribution in [0.5, 0.6) is 5.75 Å². The molecule has 1 heterocycles. The van der Waals surface area contributed by atoms with Gasteiger partial charge < -0.3 is 4.74 Å². The van der Waals surface area contributed by atoms with Gasteiger partial charge in [-0.15, -0.1) is 0 Å². The van der Waals surface area contributed by atoms with E-state index in [0.717, 1.165) is 16.6 Å². The highest BCUT2D eigenvalue weighted by Crippen LogP contribution is 2.24. The first kappa shape index (κ1) is 15.3. The van der Waals surface area contributed by atoms with Crippen molar-refractivity contribution in [2.75, 3.05) is 12.0 Å². The van der Waals surface area contributed by atoms with E-state index in [1.165, 1.54) is 16.9 Å². The molecule has 3 rings (SSSR count). The Bertz CT molecular complexity index is 766. The second-order valence-electron chi connectivity index (χ2n) is 4.95. The predicted octanol–water partition coefficient (Wildman–Crippen LogP) is 3.38. The molecule has 0 aliphatic rings. The van der Waals surface area contributed by atoms with Crippen molar-refractivity contribution in [3.05, 3.63) is 54.1 Å². The van der Waals surface area contributed by atoms with E-state index in [1.807, 2.05) is 48.5 Å². The Morgan fingerprint density at radius 2 is 1.96 bits per heavy atom. The molecule has 0 aliphatic carbocycles. The minimum absolute atomic E-state index is 0.0522. The van der Waals surface area contributed by atoms with Crippen molar-refractivity contribution in [1.82, 2.24) is 10.4 Å². The number of nitrogens with one attached hydrogen (secondary N) is 2. The Balaban J connectivity index is 1.49. The highest BCUT2D eigenvalue weighted by Gasteiger charge is 2.06. The largest absolute Gasteiger partial charge is 0.484 e. The summed E-state index contributed by atoms with van der Waals surface area (Å²) in [6, 6.07) is 15.5. The van der Waals surface area contributed by atoms with Gasteiger partial charge in [0, 0.05) is 0 Å². The second-order valence-corrected chi connectivity index (χ2v) is 5.98. The molecule has 3 aromatic rings. The number of hydrogen-bond acceptors (Lipinski definition) is 5. The molecule has 0 saturated carbocycles. The number of hydrogen-bond donors (Lipinski definition) is 2. The Labute approximate surface area is 138 Å². The summed E-state index contributed by atoms with van der Waals surface area (Å²) in [7, 11) is 0. The normalized spacial score (nSPS) is 10.5. The van der Waals surface area contributed by atoms with Crippen LogP contribution in [-0.2, 0) is 11.2 Å². The van der Waals surface area contributed by atoms with Crippen molar-refractivity contribution < 1.29 is 9.53 Å². The van der Waals surface area contributed by atoms with Crippen molar-refractivity contribution in [3.8, 4) is 5.75 Å². The molecule has 6 heteroatoms. The lowest BCUT2D eigenvalue weighted by Crippen LogP contribution is -2.33. The van der Waals surface area contributed by atoms with Gasteiger partial charge in [-0.3, -0.25) is 15.6 Å². The van der Waals surface area contributed by atoms with Crippen LogP contribution in [0.25, 0.3) is 10.2 Å². The van der Waals surface area contributed by atoms with Gasteiger partial charge in [0.25, 0.3) is 5.91 Å². The first-order valence-electron chi connectivity index (χ1n) is 7.37. The fourth-order valence-corrected chi connectivity index (χ4v) is 2.87. The molecular formula is C17H17N3O2S. The van der Waals surface area contributed by atoms with Gasteiger partial charge in [-0.2, -0.15) is 0 Å². The van der Waals surface area contributed by atoms with Crippen LogP contribution < -0.4 is 15.6 Å². The van der Waals surface area contributed by atoms with Crippen LogP contribution in [0.15, 0.2) is 48.5 Å². The van der Waals surface area contributed by atoms with E-state index in [9.17, 15) is 4.79 Å². The number of aryl methyl sites for hydroxylation is 1. The van der Waals surface area contributed by atoms with E-state index < -0.39 is 0 Å². The lowest BCUT2D eigenvalue weighted by molar-refractivity contribution is -0.122. The Hall–Kier alpha value is -2.60. The van der Waals surface area contributed by atoms with Gasteiger partial charge in [-0.05, 0) is 36.2 Å². The number of aromatic nitrogens is 1. The topological polar surface area (TPSA) is 63.2 Å². The Kier molecular flexibility index (Phi) is 4.73. The molecule has 1 aromatic heterocycles. The van der Waals surface area contributed by atoms with Crippen LogP contribution >= 0.6 is 11.3 Å². The molecule has 5 nitrogen and oxygen atoms in total. The molecule has 0 saturated heterocycles. The summed E-state index contributed by atoms with van der Waals surface area (Å²) in [6.07, 6.45) is 0.979. The fourth-order valence-electron chi connectivity index (χ4n) is 2.06. The van der Waals surface area contributed by atoms with Gasteiger partial charge in [0.15, 0.2) is 6.61 Å². The summed E-state index contributed by atoms with van der Waals surface area (Å²) in [5.74, 6) is 0.418. The molecule has 23 heavy (non-hydrogen) atoms. The molecule has 0 fully saturated rings. The van der Waals surface area contributed by atoms with Crippen molar-refractivity contribution in [3.63, 3.8) is 0 Å². The van der Waals surface area contributed by atoms with Crippen molar-refractivity contribution in [1.29, 1.82) is 0 Å². The van der Waals surface area contributed by atoms with E-state index in [0.29, 0.717) is 10.9 Å². The summed E-state index contributed by atoms with van der Waals surface area (Å²) in [5.41, 5.74) is 7.54. The Morgan fingerprint density at radius 3 is 2.70 bits per heavy atom. The number of fused-ring (bicyclic) bond motifs is 1. The predicted molar refractivity (Wildman–Crippen MR) is 92.7 cm³/mol. The number of ether oxygens (including phenoxy) is 1. The zero-order chi connectivity index (χ0) is 16.1.